The second kappa shape index (κ2) is 8.09. The van der Waals surface area contributed by atoms with E-state index in [1.807, 2.05) is 13.8 Å². The van der Waals surface area contributed by atoms with Crippen LogP contribution in [0.5, 0.6) is 0 Å². The van der Waals surface area contributed by atoms with Crippen molar-refractivity contribution in [3.05, 3.63) is 53.5 Å². The van der Waals surface area contributed by atoms with Crippen molar-refractivity contribution in [2.45, 2.75) is 59.1 Å². The molecular formula is C22H27FN2O3. The van der Waals surface area contributed by atoms with E-state index in [1.165, 1.54) is 12.1 Å². The third-order valence-electron chi connectivity index (χ3n) is 4.11. The number of hydrogen-bond acceptors (Lipinski definition) is 4. The van der Waals surface area contributed by atoms with Crippen molar-refractivity contribution in [3.63, 3.8) is 0 Å². The zero-order valence-electron chi connectivity index (χ0n) is 17.2. The van der Waals surface area contributed by atoms with Crippen molar-refractivity contribution in [1.29, 1.82) is 0 Å². The van der Waals surface area contributed by atoms with Gasteiger partial charge in [-0.25, -0.2) is 14.2 Å². The minimum absolute atomic E-state index is 0.113. The molecule has 1 aromatic carbocycles. The van der Waals surface area contributed by atoms with Gasteiger partial charge in [-0.15, -0.1) is 0 Å². The number of rotatable bonds is 5. The normalized spacial score (nSPS) is 11.8. The predicted octanol–water partition coefficient (Wildman–Crippen LogP) is 5.24. The van der Waals surface area contributed by atoms with Gasteiger partial charge in [0.05, 0.1) is 11.2 Å². The minimum Gasteiger partial charge on any atom is -0.444 e. The van der Waals surface area contributed by atoms with Gasteiger partial charge in [0.2, 0.25) is 0 Å². The van der Waals surface area contributed by atoms with Gasteiger partial charge >= 0.3 is 6.09 Å². The molecule has 0 radical (unpaired) electrons. The van der Waals surface area contributed by atoms with E-state index in [0.717, 1.165) is 0 Å². The van der Waals surface area contributed by atoms with E-state index >= 15 is 0 Å². The monoisotopic (exact) mass is 386 g/mol. The molecule has 0 unspecified atom stereocenters. The molecular weight excluding hydrogens is 359 g/mol. The smallest absolute Gasteiger partial charge is 0.408 e. The molecule has 0 atom stereocenters. The average molecular weight is 386 g/mol. The number of hydrogen-bond donors (Lipinski definition) is 1. The van der Waals surface area contributed by atoms with E-state index < -0.39 is 17.2 Å². The summed E-state index contributed by atoms with van der Waals surface area (Å²) in [5, 5.41) is 2.84. The number of amides is 1. The zero-order valence-corrected chi connectivity index (χ0v) is 17.2. The van der Waals surface area contributed by atoms with Crippen molar-refractivity contribution >= 4 is 11.9 Å². The first-order chi connectivity index (χ1) is 12.9. The second-order valence-electron chi connectivity index (χ2n) is 8.16. The van der Waals surface area contributed by atoms with Crippen molar-refractivity contribution in [2.75, 3.05) is 0 Å². The summed E-state index contributed by atoms with van der Waals surface area (Å²) in [7, 11) is 0. The Bertz CT molecular complexity index is 868. The molecule has 1 aromatic heterocycles. The number of pyridine rings is 1. The van der Waals surface area contributed by atoms with Crippen LogP contribution in [-0.4, -0.2) is 22.5 Å². The topological polar surface area (TPSA) is 68.3 Å². The average Bonchev–Trinajstić information content (AvgIpc) is 2.59. The van der Waals surface area contributed by atoms with Gasteiger partial charge in [0.25, 0.3) is 0 Å². The molecule has 6 heteroatoms. The Morgan fingerprint density at radius 3 is 2.21 bits per heavy atom. The zero-order chi connectivity index (χ0) is 21.1. The number of ether oxygens (including phenoxy) is 1. The summed E-state index contributed by atoms with van der Waals surface area (Å²) in [6, 6.07) is 9.36. The molecule has 0 saturated carbocycles. The van der Waals surface area contributed by atoms with Crippen molar-refractivity contribution in [1.82, 2.24) is 10.3 Å². The predicted molar refractivity (Wildman–Crippen MR) is 107 cm³/mol. The van der Waals surface area contributed by atoms with Crippen LogP contribution >= 0.6 is 0 Å². The van der Waals surface area contributed by atoms with Crippen LogP contribution < -0.4 is 5.32 Å². The maximum atomic E-state index is 13.3. The van der Waals surface area contributed by atoms with Gasteiger partial charge < -0.3 is 10.1 Å². The summed E-state index contributed by atoms with van der Waals surface area (Å²) in [5.41, 5.74) is 0.779. The Hall–Kier alpha value is -2.76. The number of alkyl carbamates (subject to hydrolysis) is 1. The molecule has 5 nitrogen and oxygen atoms in total. The molecule has 28 heavy (non-hydrogen) atoms. The van der Waals surface area contributed by atoms with Crippen LogP contribution in [0, 0.1) is 5.82 Å². The minimum atomic E-state index is -0.817. The first-order valence-corrected chi connectivity index (χ1v) is 9.24. The number of Topliss-reactive ketones (excluding diaryl/α,β-unsaturated/α-hetero) is 1. The van der Waals surface area contributed by atoms with E-state index in [4.69, 9.17) is 4.74 Å². The van der Waals surface area contributed by atoms with Crippen LogP contribution in [0.1, 0.15) is 64.0 Å². The van der Waals surface area contributed by atoms with Crippen LogP contribution in [0.4, 0.5) is 9.18 Å². The molecule has 1 heterocycles. The maximum Gasteiger partial charge on any atom is 0.408 e. The summed E-state index contributed by atoms with van der Waals surface area (Å²) in [5.74, 6) is -0.463. The number of carbonyl (C=O) groups is 2. The molecule has 2 rings (SSSR count). The molecule has 0 bridgehead atoms. The summed E-state index contributed by atoms with van der Waals surface area (Å²) in [6.45, 7) is 10.8. The van der Waals surface area contributed by atoms with Gasteiger partial charge in [0.15, 0.2) is 5.78 Å². The summed E-state index contributed by atoms with van der Waals surface area (Å²) in [6.07, 6.45) is -0.250. The number of nitrogens with zero attached hydrogens (tertiary/aromatic N) is 1. The van der Waals surface area contributed by atoms with Crippen LogP contribution in [0.25, 0.3) is 11.3 Å². The maximum absolute atomic E-state index is 13.3. The van der Waals surface area contributed by atoms with Gasteiger partial charge in [0.1, 0.15) is 17.1 Å². The summed E-state index contributed by atoms with van der Waals surface area (Å²) < 4.78 is 18.6. The third kappa shape index (κ3) is 5.62. The molecule has 0 aliphatic heterocycles. The number of carbonyl (C=O) groups excluding carboxylic acids is 2. The van der Waals surface area contributed by atoms with Gasteiger partial charge in [0, 0.05) is 12.0 Å². The largest absolute Gasteiger partial charge is 0.444 e. The van der Waals surface area contributed by atoms with E-state index in [9.17, 15) is 14.0 Å². The third-order valence-corrected chi connectivity index (χ3v) is 4.11. The Labute approximate surface area is 165 Å². The molecule has 0 saturated heterocycles. The van der Waals surface area contributed by atoms with Crippen LogP contribution in [0.15, 0.2) is 36.4 Å². The lowest BCUT2D eigenvalue weighted by molar-refractivity contribution is 0.0470. The molecule has 1 amide bonds. The Morgan fingerprint density at radius 1 is 1.07 bits per heavy atom. The number of aromatic nitrogens is 1. The Morgan fingerprint density at radius 2 is 1.68 bits per heavy atom. The number of halogens is 1. The lowest BCUT2D eigenvalue weighted by atomic mass is 9.92. The van der Waals surface area contributed by atoms with Gasteiger partial charge in [-0.2, -0.15) is 0 Å². The lowest BCUT2D eigenvalue weighted by Gasteiger charge is -2.29. The molecule has 150 valence electrons. The molecule has 0 aliphatic carbocycles. The van der Waals surface area contributed by atoms with E-state index in [1.54, 1.807) is 52.0 Å². The first kappa shape index (κ1) is 21.5. The lowest BCUT2D eigenvalue weighted by Crippen LogP contribution is -2.44. The van der Waals surface area contributed by atoms with Crippen LogP contribution in [-0.2, 0) is 10.3 Å². The number of nitrogens with one attached hydrogen (secondary N) is 1. The molecule has 0 fully saturated rings. The first-order valence-electron chi connectivity index (χ1n) is 9.24. The van der Waals surface area contributed by atoms with Gasteiger partial charge in [-0.1, -0.05) is 6.92 Å². The quantitative estimate of drug-likeness (QED) is 0.714. The Balaban J connectivity index is 2.46. The Kier molecular flexibility index (Phi) is 6.22. The standard InChI is InChI=1S/C22H27FN2O3/c1-7-19(26)18-13-15(22(5,6)25-20(27)28-21(2,3)4)12-17(24-18)14-8-10-16(23)11-9-14/h8-13H,7H2,1-6H3,(H,25,27). The van der Waals surface area contributed by atoms with Crippen molar-refractivity contribution in [3.8, 4) is 11.3 Å². The van der Waals surface area contributed by atoms with Crippen molar-refractivity contribution in [2.24, 2.45) is 0 Å². The van der Waals surface area contributed by atoms with Crippen molar-refractivity contribution < 1.29 is 18.7 Å². The van der Waals surface area contributed by atoms with Crippen LogP contribution in [0.3, 0.4) is 0 Å². The molecule has 0 aliphatic rings. The fourth-order valence-electron chi connectivity index (χ4n) is 2.61. The fraction of sp³-hybridized carbons (Fsp3) is 0.409. The van der Waals surface area contributed by atoms with Gasteiger partial charge in [-0.05, 0) is 76.6 Å². The molecule has 2 aromatic rings. The number of ketones is 1. The highest BCUT2D eigenvalue weighted by atomic mass is 19.1. The van der Waals surface area contributed by atoms with E-state index in [-0.39, 0.29) is 11.6 Å². The summed E-state index contributed by atoms with van der Waals surface area (Å²) in [4.78, 5) is 29.0. The highest BCUT2D eigenvalue weighted by molar-refractivity contribution is 5.94. The fourth-order valence-corrected chi connectivity index (χ4v) is 2.61. The summed E-state index contributed by atoms with van der Waals surface area (Å²) >= 11 is 0. The molecule has 1 N–H and O–H groups in total. The van der Waals surface area contributed by atoms with E-state index in [0.29, 0.717) is 28.9 Å². The van der Waals surface area contributed by atoms with Gasteiger partial charge in [-0.3, -0.25) is 4.79 Å². The van der Waals surface area contributed by atoms with Crippen LogP contribution in [0.2, 0.25) is 0 Å². The molecule has 0 spiro atoms. The second-order valence-corrected chi connectivity index (χ2v) is 8.16. The highest BCUT2D eigenvalue weighted by Crippen LogP contribution is 2.27. The highest BCUT2D eigenvalue weighted by Gasteiger charge is 2.28. The van der Waals surface area contributed by atoms with E-state index in [2.05, 4.69) is 10.3 Å². The SMILES string of the molecule is CCC(=O)c1cc(C(C)(C)NC(=O)OC(C)(C)C)cc(-c2ccc(F)cc2)n1. The number of benzene rings is 1.